The molecule has 0 spiro atoms. The van der Waals surface area contributed by atoms with Crippen molar-refractivity contribution in [1.82, 2.24) is 0 Å². The molecule has 84 valence electrons. The zero-order valence-corrected chi connectivity index (χ0v) is 8.79. The molecule has 0 atom stereocenters. The number of hydrogen-bond acceptors (Lipinski definition) is 4. The number of hydrogen-bond donors (Lipinski definition) is 0. The second-order valence-electron chi connectivity index (χ2n) is 3.33. The highest BCUT2D eigenvalue weighted by Gasteiger charge is 2.14. The Bertz CT molecular complexity index is 617. The van der Waals surface area contributed by atoms with Gasteiger partial charge in [-0.2, -0.15) is 5.26 Å². The third-order valence-corrected chi connectivity index (χ3v) is 2.35. The van der Waals surface area contributed by atoms with Gasteiger partial charge in [0.05, 0.1) is 10.3 Å². The Morgan fingerprint density at radius 2 is 1.94 bits per heavy atom. The van der Waals surface area contributed by atoms with Gasteiger partial charge in [-0.3, -0.25) is 10.1 Å². The molecule has 0 aliphatic heterocycles. The Balaban J connectivity index is 2.63. The van der Waals surface area contributed by atoms with E-state index in [1.54, 1.807) is 24.3 Å². The molecule has 5 heteroatoms. The summed E-state index contributed by atoms with van der Waals surface area (Å²) in [5.41, 5.74) is 0.0323. The second kappa shape index (κ2) is 4.49. The molecule has 0 bridgehead atoms. The lowest BCUT2D eigenvalue weighted by Crippen LogP contribution is -1.96. The molecule has 0 amide bonds. The quantitative estimate of drug-likeness (QED) is 0.597. The van der Waals surface area contributed by atoms with Gasteiger partial charge in [-0.05, 0) is 12.1 Å². The number of rotatable bonds is 3. The van der Waals surface area contributed by atoms with Gasteiger partial charge in [0.15, 0.2) is 6.61 Å². The summed E-state index contributed by atoms with van der Waals surface area (Å²) in [7, 11) is 0. The SMILES string of the molecule is N#CCOc1ccc([N+](=O)[O-])c2ccccc12. The lowest BCUT2D eigenvalue weighted by atomic mass is 10.1. The fraction of sp³-hybridized carbons (Fsp3) is 0.0833. The monoisotopic (exact) mass is 228 g/mol. The Labute approximate surface area is 97.0 Å². The van der Waals surface area contributed by atoms with Crippen LogP contribution in [0.3, 0.4) is 0 Å². The molecule has 0 saturated carbocycles. The van der Waals surface area contributed by atoms with Crippen LogP contribution in [-0.4, -0.2) is 11.5 Å². The molecule has 2 rings (SSSR count). The van der Waals surface area contributed by atoms with Crippen molar-refractivity contribution in [3.05, 3.63) is 46.5 Å². The highest BCUT2D eigenvalue weighted by Crippen LogP contribution is 2.32. The van der Waals surface area contributed by atoms with Crippen molar-refractivity contribution >= 4 is 16.5 Å². The minimum atomic E-state index is -0.434. The maximum atomic E-state index is 10.9. The van der Waals surface area contributed by atoms with Crippen molar-refractivity contribution in [2.45, 2.75) is 0 Å². The Morgan fingerprint density at radius 1 is 1.24 bits per heavy atom. The molecular weight excluding hydrogens is 220 g/mol. The number of benzene rings is 2. The Hall–Kier alpha value is -2.61. The molecule has 0 aromatic heterocycles. The van der Waals surface area contributed by atoms with Gasteiger partial charge < -0.3 is 4.74 Å². The van der Waals surface area contributed by atoms with E-state index in [1.165, 1.54) is 12.1 Å². The van der Waals surface area contributed by atoms with Crippen LogP contribution in [0.15, 0.2) is 36.4 Å². The smallest absolute Gasteiger partial charge is 0.277 e. The number of ether oxygens (including phenoxy) is 1. The van der Waals surface area contributed by atoms with E-state index in [-0.39, 0.29) is 12.3 Å². The minimum absolute atomic E-state index is 0.0323. The van der Waals surface area contributed by atoms with Gasteiger partial charge in [-0.1, -0.05) is 18.2 Å². The summed E-state index contributed by atoms with van der Waals surface area (Å²) in [6.45, 7) is -0.0815. The number of nitro benzene ring substituents is 1. The topological polar surface area (TPSA) is 76.2 Å². The van der Waals surface area contributed by atoms with E-state index in [0.29, 0.717) is 16.5 Å². The molecule has 0 aliphatic carbocycles. The number of non-ortho nitro benzene ring substituents is 1. The number of nitro groups is 1. The van der Waals surface area contributed by atoms with Crippen LogP contribution in [0.5, 0.6) is 5.75 Å². The largest absolute Gasteiger partial charge is 0.478 e. The maximum absolute atomic E-state index is 10.9. The molecule has 0 saturated heterocycles. The number of nitrogens with zero attached hydrogens (tertiary/aromatic N) is 2. The molecule has 17 heavy (non-hydrogen) atoms. The first-order chi connectivity index (χ1) is 8.24. The van der Waals surface area contributed by atoms with Crippen molar-refractivity contribution < 1.29 is 9.66 Å². The van der Waals surface area contributed by atoms with Crippen molar-refractivity contribution in [2.75, 3.05) is 6.61 Å². The summed E-state index contributed by atoms with van der Waals surface area (Å²) in [6, 6.07) is 11.6. The molecule has 0 heterocycles. The van der Waals surface area contributed by atoms with E-state index in [9.17, 15) is 10.1 Å². The van der Waals surface area contributed by atoms with E-state index in [4.69, 9.17) is 10.00 Å². The standard InChI is InChI=1S/C12H8N2O3/c13-7-8-17-12-6-5-11(14(15)16)9-3-1-2-4-10(9)12/h1-6H,8H2. The van der Waals surface area contributed by atoms with Crippen LogP contribution >= 0.6 is 0 Å². The predicted octanol–water partition coefficient (Wildman–Crippen LogP) is 2.65. The molecule has 0 radical (unpaired) electrons. The van der Waals surface area contributed by atoms with Crippen LogP contribution in [0, 0.1) is 21.4 Å². The van der Waals surface area contributed by atoms with Gasteiger partial charge in [0, 0.05) is 11.5 Å². The van der Waals surface area contributed by atoms with Crippen LogP contribution in [-0.2, 0) is 0 Å². The van der Waals surface area contributed by atoms with Crippen molar-refractivity contribution in [1.29, 1.82) is 5.26 Å². The average Bonchev–Trinajstić information content (AvgIpc) is 2.35. The fourth-order valence-electron chi connectivity index (χ4n) is 1.65. The summed E-state index contributed by atoms with van der Waals surface area (Å²) in [6.07, 6.45) is 0. The molecule has 2 aromatic rings. The summed E-state index contributed by atoms with van der Waals surface area (Å²) < 4.78 is 5.22. The average molecular weight is 228 g/mol. The van der Waals surface area contributed by atoms with Crippen molar-refractivity contribution in [2.24, 2.45) is 0 Å². The summed E-state index contributed by atoms with van der Waals surface area (Å²) in [5.74, 6) is 0.479. The zero-order valence-electron chi connectivity index (χ0n) is 8.79. The number of fused-ring (bicyclic) bond motifs is 1. The lowest BCUT2D eigenvalue weighted by molar-refractivity contribution is -0.383. The highest BCUT2D eigenvalue weighted by molar-refractivity contribution is 5.95. The van der Waals surface area contributed by atoms with E-state index < -0.39 is 4.92 Å². The zero-order chi connectivity index (χ0) is 12.3. The lowest BCUT2D eigenvalue weighted by Gasteiger charge is -2.06. The predicted molar refractivity (Wildman–Crippen MR) is 61.7 cm³/mol. The van der Waals surface area contributed by atoms with Crippen molar-refractivity contribution in [3.63, 3.8) is 0 Å². The number of nitriles is 1. The van der Waals surface area contributed by atoms with Crippen LogP contribution in [0.4, 0.5) is 5.69 Å². The van der Waals surface area contributed by atoms with E-state index in [1.807, 2.05) is 6.07 Å². The van der Waals surface area contributed by atoms with Gasteiger partial charge in [0.25, 0.3) is 5.69 Å². The van der Waals surface area contributed by atoms with Gasteiger partial charge >= 0.3 is 0 Å². The maximum Gasteiger partial charge on any atom is 0.277 e. The van der Waals surface area contributed by atoms with E-state index >= 15 is 0 Å². The first-order valence-electron chi connectivity index (χ1n) is 4.90. The molecule has 0 N–H and O–H groups in total. The molecule has 0 unspecified atom stereocenters. The highest BCUT2D eigenvalue weighted by atomic mass is 16.6. The van der Waals surface area contributed by atoms with Gasteiger partial charge in [-0.25, -0.2) is 0 Å². The van der Waals surface area contributed by atoms with E-state index in [2.05, 4.69) is 0 Å². The molecular formula is C12H8N2O3. The molecule has 0 aliphatic rings. The third kappa shape index (κ3) is 2.01. The Morgan fingerprint density at radius 3 is 2.59 bits per heavy atom. The molecule has 0 fully saturated rings. The summed E-state index contributed by atoms with van der Waals surface area (Å²) in [5, 5.41) is 20.5. The Kier molecular flexibility index (Phi) is 2.88. The summed E-state index contributed by atoms with van der Waals surface area (Å²) >= 11 is 0. The van der Waals surface area contributed by atoms with Gasteiger partial charge in [0.1, 0.15) is 11.8 Å². The van der Waals surface area contributed by atoms with E-state index in [0.717, 1.165) is 0 Å². The second-order valence-corrected chi connectivity index (χ2v) is 3.33. The minimum Gasteiger partial charge on any atom is -0.478 e. The fourth-order valence-corrected chi connectivity index (χ4v) is 1.65. The third-order valence-electron chi connectivity index (χ3n) is 2.35. The van der Waals surface area contributed by atoms with Crippen LogP contribution in [0.2, 0.25) is 0 Å². The summed E-state index contributed by atoms with van der Waals surface area (Å²) in [4.78, 5) is 10.4. The van der Waals surface area contributed by atoms with Crippen LogP contribution in [0.25, 0.3) is 10.8 Å². The molecule has 2 aromatic carbocycles. The first-order valence-corrected chi connectivity index (χ1v) is 4.90. The van der Waals surface area contributed by atoms with Gasteiger partial charge in [-0.15, -0.1) is 0 Å². The first kappa shape index (κ1) is 10.9. The van der Waals surface area contributed by atoms with Crippen LogP contribution < -0.4 is 4.74 Å². The van der Waals surface area contributed by atoms with Crippen LogP contribution in [0.1, 0.15) is 0 Å². The normalized spacial score (nSPS) is 9.82. The molecule has 5 nitrogen and oxygen atoms in total. The van der Waals surface area contributed by atoms with Crippen molar-refractivity contribution in [3.8, 4) is 11.8 Å². The van der Waals surface area contributed by atoms with Gasteiger partial charge in [0.2, 0.25) is 0 Å².